The number of carbonyl (C=O) groups is 1. The Morgan fingerprint density at radius 2 is 0.788 bits per heavy atom. The number of rotatable bonds is 9. The number of hydrogen-bond donors (Lipinski definition) is 4. The van der Waals surface area contributed by atoms with Crippen LogP contribution in [0.2, 0.25) is 30.5 Å². The molecule has 0 radical (unpaired) electrons. The Kier molecular flexibility index (Phi) is 45.2. The van der Waals surface area contributed by atoms with Gasteiger partial charge in [0.25, 0.3) is 6.47 Å². The van der Waals surface area contributed by atoms with Gasteiger partial charge in [0.05, 0.1) is 44.9 Å². The van der Waals surface area contributed by atoms with Crippen molar-refractivity contribution in [2.75, 3.05) is 102 Å². The van der Waals surface area contributed by atoms with Crippen LogP contribution in [0, 0.1) is 6.42 Å². The second-order valence-corrected chi connectivity index (χ2v) is 26.2. The molecule has 14 heterocycles. The van der Waals surface area contributed by atoms with Gasteiger partial charge in [-0.25, -0.2) is 54.8 Å². The van der Waals surface area contributed by atoms with Crippen LogP contribution in [0.5, 0.6) is 0 Å². The third kappa shape index (κ3) is 28.9. The summed E-state index contributed by atoms with van der Waals surface area (Å²) in [6, 6.07) is 24.9. The number of ether oxygens (including phenoxy) is 4. The molecule has 0 spiro atoms. The van der Waals surface area contributed by atoms with E-state index in [0.29, 0.717) is 51.0 Å². The molecule has 0 unspecified atom stereocenters. The Labute approximate surface area is 787 Å². The number of aromatic amines is 3. The van der Waals surface area contributed by atoms with E-state index >= 15 is 0 Å². The molecule has 36 heteroatoms. The Balaban J connectivity index is 0.000000274. The maximum absolute atomic E-state index is 8.64. The van der Waals surface area contributed by atoms with Gasteiger partial charge in [-0.3, -0.25) is 4.79 Å². The summed E-state index contributed by atoms with van der Waals surface area (Å²) in [5, 5.41) is 15.1. The number of H-pyrrole nitrogens is 3. The van der Waals surface area contributed by atoms with Crippen molar-refractivity contribution >= 4 is 165 Å². The van der Waals surface area contributed by atoms with Crippen LogP contribution < -0.4 is 158 Å². The van der Waals surface area contributed by atoms with Gasteiger partial charge < -0.3 is 67.0 Å². The number of halogens is 9. The molecule has 7 aromatic heterocycles. The summed E-state index contributed by atoms with van der Waals surface area (Å²) >= 11 is 38.2. The second kappa shape index (κ2) is 50.2. The summed E-state index contributed by atoms with van der Waals surface area (Å²) in [4.78, 5) is 73.1. The van der Waals surface area contributed by atoms with Crippen molar-refractivity contribution in [3.8, 4) is 0 Å². The van der Waals surface area contributed by atoms with Crippen molar-refractivity contribution in [1.29, 1.82) is 0 Å². The first kappa shape index (κ1) is 93.6. The first-order valence-electron chi connectivity index (χ1n) is 32.4. The Morgan fingerprint density at radius 3 is 1.08 bits per heavy atom. The van der Waals surface area contributed by atoms with E-state index < -0.39 is 0 Å². The summed E-state index contributed by atoms with van der Waals surface area (Å²) in [5.41, 5.74) is 9.27. The molecular weight excluding hydrogens is 1910 g/mol. The number of nitrogens with one attached hydrogen (secondary N) is 4. The first-order chi connectivity index (χ1) is 48.4. The topological polar surface area (TPSA) is 294 Å². The fourth-order valence-electron chi connectivity index (χ4n) is 11.7. The molecule has 4 N–H and O–H groups in total. The fourth-order valence-corrected chi connectivity index (χ4v) is 12.7. The quantitative estimate of drug-likeness (QED) is 0.0200. The van der Waals surface area contributed by atoms with Crippen molar-refractivity contribution in [1.82, 2.24) is 75.1 Å². The van der Waals surface area contributed by atoms with Crippen LogP contribution in [0.15, 0.2) is 104 Å². The van der Waals surface area contributed by atoms with Crippen LogP contribution in [0.25, 0.3) is 33.1 Å². The molecule has 10 aromatic rings. The summed E-state index contributed by atoms with van der Waals surface area (Å²) in [7, 11) is 0. The van der Waals surface area contributed by atoms with E-state index in [0.717, 1.165) is 238 Å². The zero-order valence-electron chi connectivity index (χ0n) is 57.8. The van der Waals surface area contributed by atoms with Crippen molar-refractivity contribution in [3.63, 3.8) is 0 Å². The molecular formula is C68H80Cl8Cs2IN17O7Zn. The van der Waals surface area contributed by atoms with Gasteiger partial charge in [-0.15, -0.1) is 24.8 Å². The SMILES string of the molecule is C.Cl.Cl.Clc1cc(C2CCOCC2)ncn1.Clc1cc(Cl)ncn1.Clc1ccc2nc(C3CN(c4cc(C5CCOCC5)ncn4)C3)[nH]c2c1.Clc1ccc2nc(C3CN(c4cc(C5CCOCC5)ncn4)C3)[nH]c2c1.Clc1ccc2nc(C3CNC3)[nH]c2c1.O=CO[O-].[CH-]1CCOCC1.[Cs+].[Cs+].[H-].[Zn+][I]. The third-order valence-corrected chi connectivity index (χ3v) is 18.6. The van der Waals surface area contributed by atoms with E-state index in [1.807, 2.05) is 60.7 Å². The van der Waals surface area contributed by atoms with E-state index in [9.17, 15) is 0 Å². The van der Waals surface area contributed by atoms with Gasteiger partial charge in [0, 0.05) is 166 Å². The Hall–Kier alpha value is -1.00. The number of aromatic nitrogens is 14. The van der Waals surface area contributed by atoms with Gasteiger partial charge in [0.1, 0.15) is 69.9 Å². The normalized spacial score (nSPS) is 16.6. The van der Waals surface area contributed by atoms with Crippen molar-refractivity contribution < 1.29 is 188 Å². The summed E-state index contributed by atoms with van der Waals surface area (Å²) in [5.74, 6) is 7.94. The van der Waals surface area contributed by atoms with Crippen LogP contribution in [0.1, 0.15) is 130 Å². The van der Waals surface area contributed by atoms with Crippen LogP contribution in [-0.4, -0.2) is 168 Å². The summed E-state index contributed by atoms with van der Waals surface area (Å²) in [6.45, 7) is 12.4. The van der Waals surface area contributed by atoms with Crippen LogP contribution in [-0.2, 0) is 43.4 Å². The van der Waals surface area contributed by atoms with E-state index in [-0.39, 0.29) is 178 Å². The molecule has 7 aliphatic rings. The predicted molar refractivity (Wildman–Crippen MR) is 408 cm³/mol. The van der Waals surface area contributed by atoms with Crippen LogP contribution in [0.4, 0.5) is 11.6 Å². The molecule has 17 rings (SSSR count). The number of hydrogen-bond acceptors (Lipinski definition) is 21. The number of anilines is 2. The molecule has 7 saturated heterocycles. The average Bonchev–Trinajstić information content (AvgIpc) is 1.70. The van der Waals surface area contributed by atoms with Crippen LogP contribution >= 0.6 is 114 Å². The van der Waals surface area contributed by atoms with Gasteiger partial charge >= 0.3 is 172 Å². The zero-order chi connectivity index (χ0) is 69.3. The van der Waals surface area contributed by atoms with E-state index in [1.165, 1.54) is 33.5 Å². The molecule has 0 bridgehead atoms. The summed E-state index contributed by atoms with van der Waals surface area (Å²) < 4.78 is 21.2. The molecule has 0 atom stereocenters. The minimum atomic E-state index is -0.181. The number of benzene rings is 3. The van der Waals surface area contributed by atoms with Gasteiger partial charge in [0.2, 0.25) is 0 Å². The Bertz CT molecular complexity index is 3960. The van der Waals surface area contributed by atoms with Crippen molar-refractivity contribution in [3.05, 3.63) is 176 Å². The zero-order valence-corrected chi connectivity index (χ0v) is 80.7. The van der Waals surface area contributed by atoms with Gasteiger partial charge in [-0.05, 0) is 99.2 Å². The number of fused-ring (bicyclic) bond motifs is 3. The molecule has 0 aliphatic carbocycles. The standard InChI is InChI=1S/2C19H20ClN5O.C10H10ClN3.C9H11ClN2O.C5H9O.C4H2Cl2N2.CH2O3.CH4.2ClH.2Cs.HI.Zn.H/c2*20-14-1-2-15-17(7-14)24-19(23-15)13-9-25(10-13)18-8-16(21-11-22-18)12-3-5-26-6-4-12;11-7-1-2-8-9(3-7)14-10(13-8)6-4-12-5-6;10-9-5-8(11-6-12-9)7-1-3-13-4-2-7;1-2-4-6-5-3-1;5-3-1-4(6)8-2-7-3;2-1-4-3;;;;;;;;/h2*1-2,7-8,11-13H,3-6,9-10H2,(H,23,24);1-3,6,12H,4-5H2,(H,13,14);5-7H,1-4H2;1H,2-5H2;1-2H;1,3H;1H4;2*1H;;;1H;;/q;;;;-1;;;;;;2*+1;;+2;-1/p-2. The van der Waals surface area contributed by atoms with Crippen LogP contribution in [0.3, 0.4) is 0 Å². The fraction of sp³-hybridized carbons (Fsp3) is 0.426. The molecule has 3 aromatic carbocycles. The van der Waals surface area contributed by atoms with Gasteiger partial charge in [0.15, 0.2) is 0 Å². The molecule has 7 aliphatic heterocycles. The monoisotopic (exact) mass is 1980 g/mol. The predicted octanol–water partition coefficient (Wildman–Crippen LogP) is 8.64. The van der Waals surface area contributed by atoms with Crippen molar-refractivity contribution in [2.45, 2.75) is 94.3 Å². The summed E-state index contributed by atoms with van der Waals surface area (Å²) in [6.07, 6.45) is 17.0. The minimum absolute atomic E-state index is 0. The molecule has 546 valence electrons. The van der Waals surface area contributed by atoms with Crippen molar-refractivity contribution in [2.24, 2.45) is 0 Å². The number of carbonyl (C=O) groups excluding carboxylic acids is 1. The second-order valence-electron chi connectivity index (χ2n) is 23.8. The van der Waals surface area contributed by atoms with E-state index in [1.54, 1.807) is 12.7 Å². The third-order valence-electron chi connectivity index (χ3n) is 17.2. The first-order valence-corrected chi connectivity index (χ1v) is 43.8. The molecule has 24 nitrogen and oxygen atoms in total. The molecule has 0 saturated carbocycles. The number of nitrogens with zero attached hydrogens (tertiary/aromatic N) is 13. The van der Waals surface area contributed by atoms with Gasteiger partial charge in [-0.1, -0.05) is 77.0 Å². The number of imidazole rings is 3. The van der Waals surface area contributed by atoms with E-state index in [4.69, 9.17) is 109 Å². The van der Waals surface area contributed by atoms with Gasteiger partial charge in [-0.2, -0.15) is 12.8 Å². The Morgan fingerprint density at radius 1 is 0.471 bits per heavy atom. The van der Waals surface area contributed by atoms with E-state index in [2.05, 4.69) is 118 Å². The average molecular weight is 1990 g/mol. The molecule has 104 heavy (non-hydrogen) atoms. The molecule has 0 amide bonds. The molecule has 7 fully saturated rings. The maximum atomic E-state index is 8.64.